The number of rotatable bonds is 4. The Labute approximate surface area is 147 Å². The van der Waals surface area contributed by atoms with Crippen LogP contribution in [-0.4, -0.2) is 33.0 Å². The first-order valence-corrected chi connectivity index (χ1v) is 9.52. The smallest absolute Gasteiger partial charge is 0.292 e. The van der Waals surface area contributed by atoms with E-state index in [2.05, 4.69) is 15.0 Å². The molecule has 0 bridgehead atoms. The van der Waals surface area contributed by atoms with Gasteiger partial charge < -0.3 is 13.8 Å². The SMILES string of the molecule is O=C(c1cc(-c2ncco2)no1)N(C1CCCCC1)C1CCCCC1. The van der Waals surface area contributed by atoms with E-state index in [4.69, 9.17) is 8.94 Å². The highest BCUT2D eigenvalue weighted by atomic mass is 16.5. The van der Waals surface area contributed by atoms with Crippen molar-refractivity contribution in [2.24, 2.45) is 0 Å². The van der Waals surface area contributed by atoms with E-state index in [9.17, 15) is 4.79 Å². The number of nitrogens with zero attached hydrogens (tertiary/aromatic N) is 3. The molecule has 0 unspecified atom stereocenters. The average Bonchev–Trinajstić information content (AvgIpc) is 3.35. The van der Waals surface area contributed by atoms with E-state index in [1.54, 1.807) is 12.3 Å². The quantitative estimate of drug-likeness (QED) is 0.821. The summed E-state index contributed by atoms with van der Waals surface area (Å²) in [7, 11) is 0. The van der Waals surface area contributed by atoms with E-state index in [1.807, 2.05) is 0 Å². The molecular formula is C19H25N3O3. The standard InChI is InChI=1S/C19H25N3O3/c23-19(17-13-16(21-25-17)18-20-11-12-24-18)22(14-7-3-1-4-8-14)15-9-5-2-6-10-15/h11-15H,1-10H2. The minimum Gasteiger partial charge on any atom is -0.443 e. The fourth-order valence-electron chi connectivity index (χ4n) is 4.30. The van der Waals surface area contributed by atoms with Crippen LogP contribution in [0.2, 0.25) is 0 Å². The van der Waals surface area contributed by atoms with Gasteiger partial charge in [0.1, 0.15) is 6.26 Å². The van der Waals surface area contributed by atoms with E-state index in [-0.39, 0.29) is 5.91 Å². The molecule has 6 nitrogen and oxygen atoms in total. The van der Waals surface area contributed by atoms with Crippen LogP contribution in [0, 0.1) is 0 Å². The van der Waals surface area contributed by atoms with Gasteiger partial charge in [0.05, 0.1) is 6.20 Å². The molecule has 0 radical (unpaired) electrons. The maximum Gasteiger partial charge on any atom is 0.292 e. The van der Waals surface area contributed by atoms with Crippen LogP contribution < -0.4 is 0 Å². The molecule has 0 spiro atoms. The van der Waals surface area contributed by atoms with Gasteiger partial charge in [-0.2, -0.15) is 0 Å². The monoisotopic (exact) mass is 343 g/mol. The van der Waals surface area contributed by atoms with Crippen LogP contribution >= 0.6 is 0 Å². The van der Waals surface area contributed by atoms with E-state index in [0.717, 1.165) is 25.7 Å². The third kappa shape index (κ3) is 3.48. The van der Waals surface area contributed by atoms with Gasteiger partial charge in [-0.3, -0.25) is 4.79 Å². The molecule has 134 valence electrons. The molecule has 2 aliphatic rings. The van der Waals surface area contributed by atoms with E-state index in [1.165, 1.54) is 44.8 Å². The summed E-state index contributed by atoms with van der Waals surface area (Å²) in [6.45, 7) is 0. The number of aromatic nitrogens is 2. The van der Waals surface area contributed by atoms with Crippen molar-refractivity contribution in [1.29, 1.82) is 0 Å². The topological polar surface area (TPSA) is 72.4 Å². The molecule has 2 aromatic heterocycles. The minimum absolute atomic E-state index is 0.0240. The lowest BCUT2D eigenvalue weighted by atomic mass is 9.88. The van der Waals surface area contributed by atoms with Gasteiger partial charge in [-0.05, 0) is 25.7 Å². The lowest BCUT2D eigenvalue weighted by Gasteiger charge is -2.41. The summed E-state index contributed by atoms with van der Waals surface area (Å²) in [6.07, 6.45) is 14.8. The van der Waals surface area contributed by atoms with Crippen LogP contribution in [-0.2, 0) is 0 Å². The number of hydrogen-bond donors (Lipinski definition) is 0. The number of oxazole rings is 1. The van der Waals surface area contributed by atoms with Gasteiger partial charge in [-0.25, -0.2) is 4.98 Å². The van der Waals surface area contributed by atoms with Crippen molar-refractivity contribution in [2.45, 2.75) is 76.3 Å². The Balaban J connectivity index is 1.58. The average molecular weight is 343 g/mol. The van der Waals surface area contributed by atoms with Crippen molar-refractivity contribution >= 4 is 5.91 Å². The molecule has 25 heavy (non-hydrogen) atoms. The molecule has 2 saturated carbocycles. The lowest BCUT2D eigenvalue weighted by molar-refractivity contribution is 0.0409. The maximum absolute atomic E-state index is 13.3. The molecule has 2 aromatic rings. The molecule has 0 aliphatic heterocycles. The highest BCUT2D eigenvalue weighted by Gasteiger charge is 2.34. The zero-order chi connectivity index (χ0) is 17.1. The summed E-state index contributed by atoms with van der Waals surface area (Å²) in [5.74, 6) is 0.651. The first kappa shape index (κ1) is 16.4. The Bertz CT molecular complexity index is 665. The van der Waals surface area contributed by atoms with Gasteiger partial charge in [0, 0.05) is 18.2 Å². The summed E-state index contributed by atoms with van der Waals surface area (Å²) in [4.78, 5) is 19.5. The third-order valence-electron chi connectivity index (χ3n) is 5.54. The van der Waals surface area contributed by atoms with Crippen LogP contribution in [0.25, 0.3) is 11.6 Å². The minimum atomic E-state index is -0.0240. The Morgan fingerprint density at radius 3 is 2.20 bits per heavy atom. The van der Waals surface area contributed by atoms with Crippen molar-refractivity contribution in [1.82, 2.24) is 15.0 Å². The van der Waals surface area contributed by atoms with E-state index in [0.29, 0.717) is 29.4 Å². The molecule has 2 fully saturated rings. The van der Waals surface area contributed by atoms with Crippen LogP contribution in [0.1, 0.15) is 74.8 Å². The molecule has 0 atom stereocenters. The summed E-state index contributed by atoms with van der Waals surface area (Å²) in [5.41, 5.74) is 0.473. The molecule has 4 rings (SSSR count). The van der Waals surface area contributed by atoms with Crippen LogP contribution in [0.15, 0.2) is 27.5 Å². The van der Waals surface area contributed by atoms with Gasteiger partial charge in [0.2, 0.25) is 11.7 Å². The molecular weight excluding hydrogens is 318 g/mol. The number of hydrogen-bond acceptors (Lipinski definition) is 5. The van der Waals surface area contributed by atoms with Gasteiger partial charge in [-0.1, -0.05) is 43.7 Å². The Hall–Kier alpha value is -2.11. The number of amides is 1. The van der Waals surface area contributed by atoms with Crippen LogP contribution in [0.5, 0.6) is 0 Å². The first-order valence-electron chi connectivity index (χ1n) is 9.52. The van der Waals surface area contributed by atoms with Crippen molar-refractivity contribution in [3.8, 4) is 11.6 Å². The van der Waals surface area contributed by atoms with Crippen molar-refractivity contribution in [3.63, 3.8) is 0 Å². The molecule has 0 aromatic carbocycles. The third-order valence-corrected chi connectivity index (χ3v) is 5.54. The molecule has 2 aliphatic carbocycles. The second-order valence-corrected chi connectivity index (χ2v) is 7.21. The Morgan fingerprint density at radius 1 is 1.00 bits per heavy atom. The second kappa shape index (κ2) is 7.42. The van der Waals surface area contributed by atoms with Crippen molar-refractivity contribution in [2.75, 3.05) is 0 Å². The first-order chi connectivity index (χ1) is 12.3. The summed E-state index contributed by atoms with van der Waals surface area (Å²) < 4.78 is 10.6. The van der Waals surface area contributed by atoms with Gasteiger partial charge >= 0.3 is 0 Å². The predicted octanol–water partition coefficient (Wildman–Crippen LogP) is 4.44. The van der Waals surface area contributed by atoms with E-state index >= 15 is 0 Å². The van der Waals surface area contributed by atoms with Crippen molar-refractivity contribution < 1.29 is 13.7 Å². The largest absolute Gasteiger partial charge is 0.443 e. The Morgan fingerprint density at radius 2 is 1.64 bits per heavy atom. The number of carbonyl (C=O) groups excluding carboxylic acids is 1. The van der Waals surface area contributed by atoms with Crippen LogP contribution in [0.3, 0.4) is 0 Å². The Kier molecular flexibility index (Phi) is 4.85. The fourth-order valence-corrected chi connectivity index (χ4v) is 4.30. The molecule has 0 N–H and O–H groups in total. The maximum atomic E-state index is 13.3. The van der Waals surface area contributed by atoms with Gasteiger partial charge in [-0.15, -0.1) is 0 Å². The van der Waals surface area contributed by atoms with Gasteiger partial charge in [0.25, 0.3) is 5.91 Å². The lowest BCUT2D eigenvalue weighted by Crippen LogP contribution is -2.48. The highest BCUT2D eigenvalue weighted by molar-refractivity contribution is 5.92. The summed E-state index contributed by atoms with van der Waals surface area (Å²) in [6, 6.07) is 2.33. The second-order valence-electron chi connectivity index (χ2n) is 7.21. The molecule has 1 amide bonds. The summed E-state index contributed by atoms with van der Waals surface area (Å²) >= 11 is 0. The van der Waals surface area contributed by atoms with Crippen LogP contribution in [0.4, 0.5) is 0 Å². The zero-order valence-electron chi connectivity index (χ0n) is 14.5. The van der Waals surface area contributed by atoms with Crippen molar-refractivity contribution in [3.05, 3.63) is 24.3 Å². The molecule has 0 saturated heterocycles. The molecule has 6 heteroatoms. The fraction of sp³-hybridized carbons (Fsp3) is 0.632. The summed E-state index contributed by atoms with van der Waals surface area (Å²) in [5, 5.41) is 3.97. The predicted molar refractivity (Wildman–Crippen MR) is 91.9 cm³/mol. The van der Waals surface area contributed by atoms with Gasteiger partial charge in [0.15, 0.2) is 5.69 Å². The normalized spacial score (nSPS) is 19.8. The highest BCUT2D eigenvalue weighted by Crippen LogP contribution is 2.32. The molecule has 2 heterocycles. The van der Waals surface area contributed by atoms with E-state index < -0.39 is 0 Å². The zero-order valence-corrected chi connectivity index (χ0v) is 14.5. The number of carbonyl (C=O) groups is 1.